The van der Waals surface area contributed by atoms with E-state index in [1.165, 1.54) is 55.6 Å². The van der Waals surface area contributed by atoms with Gasteiger partial charge in [0.05, 0.1) is 5.69 Å². The molecule has 0 fully saturated rings. The van der Waals surface area contributed by atoms with Crippen LogP contribution in [0.15, 0.2) is 192 Å². The molecule has 1 heterocycles. The Hall–Kier alpha value is -6.64. The molecule has 9 aromatic rings. The molecule has 0 saturated heterocycles. The highest BCUT2D eigenvalue weighted by molar-refractivity contribution is 6.07. The van der Waals surface area contributed by atoms with Crippen LogP contribution in [0.5, 0.6) is 0 Å². The van der Waals surface area contributed by atoms with Crippen LogP contribution in [0.25, 0.3) is 66.4 Å². The maximum absolute atomic E-state index is 6.32. The Morgan fingerprint density at radius 1 is 0.396 bits per heavy atom. The minimum atomic E-state index is -0.0954. The molecule has 10 rings (SSSR count). The Morgan fingerprint density at radius 3 is 1.79 bits per heavy atom. The fraction of sp³-hybridized carbons (Fsp3) is 0.0588. The molecular weight excluding hydrogens is 643 g/mol. The second-order valence-corrected chi connectivity index (χ2v) is 14.5. The van der Waals surface area contributed by atoms with E-state index in [1.54, 1.807) is 0 Å². The molecule has 1 aromatic heterocycles. The fourth-order valence-corrected chi connectivity index (χ4v) is 8.55. The van der Waals surface area contributed by atoms with E-state index in [2.05, 4.69) is 195 Å². The zero-order valence-corrected chi connectivity index (χ0v) is 29.8. The summed E-state index contributed by atoms with van der Waals surface area (Å²) in [5.41, 5.74) is 17.5. The largest absolute Gasteiger partial charge is 0.456 e. The molecule has 2 nitrogen and oxygen atoms in total. The van der Waals surface area contributed by atoms with Crippen molar-refractivity contribution in [1.82, 2.24) is 0 Å². The quantitative estimate of drug-likeness (QED) is 0.174. The zero-order chi connectivity index (χ0) is 35.5. The molecule has 0 aliphatic heterocycles. The minimum Gasteiger partial charge on any atom is -0.456 e. The number of fused-ring (bicyclic) bond motifs is 6. The van der Waals surface area contributed by atoms with E-state index in [1.807, 2.05) is 12.1 Å². The molecular formula is C51H37NO. The van der Waals surface area contributed by atoms with E-state index in [4.69, 9.17) is 4.42 Å². The van der Waals surface area contributed by atoms with Crippen molar-refractivity contribution in [2.75, 3.05) is 4.90 Å². The Balaban J connectivity index is 1.25. The third-order valence-corrected chi connectivity index (χ3v) is 11.1. The summed E-state index contributed by atoms with van der Waals surface area (Å²) in [6.45, 7) is 4.70. The summed E-state index contributed by atoms with van der Waals surface area (Å²) >= 11 is 0. The third kappa shape index (κ3) is 5.02. The van der Waals surface area contributed by atoms with Gasteiger partial charge in [0.25, 0.3) is 0 Å². The number of hydrogen-bond donors (Lipinski definition) is 0. The molecule has 0 atom stereocenters. The van der Waals surface area contributed by atoms with Crippen LogP contribution in [-0.2, 0) is 5.41 Å². The first kappa shape index (κ1) is 31.1. The van der Waals surface area contributed by atoms with Crippen LogP contribution in [-0.4, -0.2) is 0 Å². The number of anilines is 3. The second-order valence-electron chi connectivity index (χ2n) is 14.5. The summed E-state index contributed by atoms with van der Waals surface area (Å²) in [4.78, 5) is 2.43. The zero-order valence-electron chi connectivity index (χ0n) is 29.8. The van der Waals surface area contributed by atoms with Crippen molar-refractivity contribution < 1.29 is 4.42 Å². The van der Waals surface area contributed by atoms with Crippen LogP contribution >= 0.6 is 0 Å². The van der Waals surface area contributed by atoms with Gasteiger partial charge in [0.2, 0.25) is 0 Å². The van der Waals surface area contributed by atoms with Gasteiger partial charge in [-0.1, -0.05) is 159 Å². The summed E-state index contributed by atoms with van der Waals surface area (Å²) < 4.78 is 6.32. The van der Waals surface area contributed by atoms with Crippen molar-refractivity contribution in [2.24, 2.45) is 0 Å². The van der Waals surface area contributed by atoms with Gasteiger partial charge in [0, 0.05) is 33.1 Å². The standard InChI is InChI=1S/C51H37NO/c1-51(2)45-24-12-9-22-42(45)50-41(23-15-25-46(50)51)39-20-10-13-26-47(39)52(37-29-31-49-44(33-37)40-21-11-14-27-48(40)53-49)36-28-30-38(34-16-5-3-6-17-34)43(32-36)35-18-7-4-8-19-35/h3-33H,1-2H3. The van der Waals surface area contributed by atoms with E-state index < -0.39 is 0 Å². The fourth-order valence-electron chi connectivity index (χ4n) is 8.55. The summed E-state index contributed by atoms with van der Waals surface area (Å²) in [6.07, 6.45) is 0. The van der Waals surface area contributed by atoms with Crippen molar-refractivity contribution in [3.05, 3.63) is 199 Å². The number of furan rings is 1. The molecule has 0 unspecified atom stereocenters. The molecule has 0 bridgehead atoms. The van der Waals surface area contributed by atoms with Gasteiger partial charge in [-0.2, -0.15) is 0 Å². The topological polar surface area (TPSA) is 16.4 Å². The lowest BCUT2D eigenvalue weighted by Crippen LogP contribution is -2.15. The van der Waals surface area contributed by atoms with E-state index in [-0.39, 0.29) is 5.41 Å². The van der Waals surface area contributed by atoms with Gasteiger partial charge in [0.1, 0.15) is 11.2 Å². The van der Waals surface area contributed by atoms with Crippen molar-refractivity contribution in [1.29, 1.82) is 0 Å². The molecule has 1 aliphatic carbocycles. The molecule has 0 spiro atoms. The molecule has 8 aromatic carbocycles. The van der Waals surface area contributed by atoms with Crippen molar-refractivity contribution >= 4 is 39.0 Å². The highest BCUT2D eigenvalue weighted by Crippen LogP contribution is 2.54. The molecule has 0 saturated carbocycles. The molecule has 0 N–H and O–H groups in total. The number of hydrogen-bond acceptors (Lipinski definition) is 2. The Bertz CT molecular complexity index is 2810. The van der Waals surface area contributed by atoms with Gasteiger partial charge in [0.15, 0.2) is 0 Å². The molecule has 1 aliphatic rings. The second kappa shape index (κ2) is 12.3. The van der Waals surface area contributed by atoms with Gasteiger partial charge in [-0.3, -0.25) is 0 Å². The first-order valence-corrected chi connectivity index (χ1v) is 18.4. The number of rotatable bonds is 6. The van der Waals surface area contributed by atoms with Crippen LogP contribution in [0.2, 0.25) is 0 Å². The Labute approximate surface area is 310 Å². The SMILES string of the molecule is CC1(C)c2ccccc2-c2c(-c3ccccc3N(c3ccc(-c4ccccc4)c(-c4ccccc4)c3)c3ccc4oc5ccccc5c4c3)cccc21. The summed E-state index contributed by atoms with van der Waals surface area (Å²) in [7, 11) is 0. The Morgan fingerprint density at radius 2 is 0.981 bits per heavy atom. The predicted octanol–water partition coefficient (Wildman–Crippen LogP) is 14.4. The van der Waals surface area contributed by atoms with Gasteiger partial charge in [-0.15, -0.1) is 0 Å². The van der Waals surface area contributed by atoms with Crippen LogP contribution in [0.4, 0.5) is 17.1 Å². The number of benzene rings is 8. The van der Waals surface area contributed by atoms with E-state index >= 15 is 0 Å². The molecule has 2 heteroatoms. The van der Waals surface area contributed by atoms with Gasteiger partial charge >= 0.3 is 0 Å². The normalized spacial score (nSPS) is 12.9. The van der Waals surface area contributed by atoms with Gasteiger partial charge in [-0.25, -0.2) is 0 Å². The van der Waals surface area contributed by atoms with Gasteiger partial charge < -0.3 is 9.32 Å². The van der Waals surface area contributed by atoms with Crippen LogP contribution < -0.4 is 4.90 Å². The van der Waals surface area contributed by atoms with Crippen LogP contribution in [0.1, 0.15) is 25.0 Å². The first-order valence-electron chi connectivity index (χ1n) is 18.4. The highest BCUT2D eigenvalue weighted by Gasteiger charge is 2.37. The lowest BCUT2D eigenvalue weighted by molar-refractivity contribution is 0.660. The lowest BCUT2D eigenvalue weighted by atomic mass is 9.82. The lowest BCUT2D eigenvalue weighted by Gasteiger charge is -2.29. The van der Waals surface area contributed by atoms with E-state index in [0.717, 1.165) is 39.0 Å². The van der Waals surface area contributed by atoms with Crippen molar-refractivity contribution in [3.8, 4) is 44.5 Å². The summed E-state index contributed by atoms with van der Waals surface area (Å²) in [5, 5.41) is 2.21. The Kier molecular flexibility index (Phi) is 7.19. The molecule has 252 valence electrons. The van der Waals surface area contributed by atoms with E-state index in [0.29, 0.717) is 0 Å². The minimum absolute atomic E-state index is 0.0954. The van der Waals surface area contributed by atoms with Crippen LogP contribution in [0, 0.1) is 0 Å². The summed E-state index contributed by atoms with van der Waals surface area (Å²) in [6, 6.07) is 67.9. The number of nitrogens with zero attached hydrogens (tertiary/aromatic N) is 1. The smallest absolute Gasteiger partial charge is 0.135 e. The predicted molar refractivity (Wildman–Crippen MR) is 222 cm³/mol. The molecule has 53 heavy (non-hydrogen) atoms. The monoisotopic (exact) mass is 679 g/mol. The highest BCUT2D eigenvalue weighted by atomic mass is 16.3. The maximum atomic E-state index is 6.32. The van der Waals surface area contributed by atoms with Gasteiger partial charge in [-0.05, 0) is 92.5 Å². The van der Waals surface area contributed by atoms with Crippen LogP contribution in [0.3, 0.4) is 0 Å². The molecule has 0 amide bonds. The number of para-hydroxylation sites is 2. The van der Waals surface area contributed by atoms with Crippen molar-refractivity contribution in [2.45, 2.75) is 19.3 Å². The summed E-state index contributed by atoms with van der Waals surface area (Å²) in [5.74, 6) is 0. The average molecular weight is 680 g/mol. The maximum Gasteiger partial charge on any atom is 0.135 e. The third-order valence-electron chi connectivity index (χ3n) is 11.1. The first-order chi connectivity index (χ1) is 26.1. The average Bonchev–Trinajstić information content (AvgIpc) is 3.70. The van der Waals surface area contributed by atoms with Crippen molar-refractivity contribution in [3.63, 3.8) is 0 Å². The molecule has 0 radical (unpaired) electrons. The van der Waals surface area contributed by atoms with E-state index in [9.17, 15) is 0 Å².